The number of halogens is 2. The zero-order valence-corrected chi connectivity index (χ0v) is 17.4. The van der Waals surface area contributed by atoms with Crippen molar-refractivity contribution in [1.29, 1.82) is 0 Å². The summed E-state index contributed by atoms with van der Waals surface area (Å²) in [5.41, 5.74) is 7.91. The fraction of sp³-hybridized carbons (Fsp3) is 0.556. The Morgan fingerprint density at radius 2 is 1.78 bits per heavy atom. The van der Waals surface area contributed by atoms with Crippen LogP contribution in [-0.4, -0.2) is 50.7 Å². The minimum Gasteiger partial charge on any atom is -0.378 e. The minimum atomic E-state index is -0.602. The molecule has 1 fully saturated rings. The first-order valence-corrected chi connectivity index (χ1v) is 8.69. The number of rotatable bonds is 7. The van der Waals surface area contributed by atoms with Gasteiger partial charge in [-0.05, 0) is 17.5 Å². The number of hydrogen-bond donors (Lipinski definition) is 3. The maximum atomic E-state index is 12.0. The van der Waals surface area contributed by atoms with Crippen LogP contribution in [-0.2, 0) is 20.9 Å². The molecular formula is C18H30Cl2N4O3. The molecular weight excluding hydrogens is 391 g/mol. The number of carbonyl (C=O) groups excluding carboxylic acids is 2. The molecule has 1 aliphatic rings. The molecule has 0 saturated carbocycles. The molecule has 2 amide bonds. The van der Waals surface area contributed by atoms with E-state index in [0.29, 0.717) is 19.8 Å². The summed E-state index contributed by atoms with van der Waals surface area (Å²) < 4.78 is 5.39. The van der Waals surface area contributed by atoms with Crippen LogP contribution in [0.25, 0.3) is 0 Å². The van der Waals surface area contributed by atoms with Gasteiger partial charge in [-0.15, -0.1) is 24.8 Å². The van der Waals surface area contributed by atoms with Gasteiger partial charge in [0.25, 0.3) is 0 Å². The van der Waals surface area contributed by atoms with Crippen LogP contribution in [0.4, 0.5) is 5.69 Å². The normalized spacial score (nSPS) is 14.6. The van der Waals surface area contributed by atoms with Gasteiger partial charge >= 0.3 is 0 Å². The van der Waals surface area contributed by atoms with Crippen molar-refractivity contribution in [2.45, 2.75) is 26.4 Å². The summed E-state index contributed by atoms with van der Waals surface area (Å²) in [6.07, 6.45) is 0. The van der Waals surface area contributed by atoms with Crippen LogP contribution in [0.2, 0.25) is 0 Å². The number of benzene rings is 1. The number of ether oxygens (including phenoxy) is 1. The molecule has 1 aliphatic heterocycles. The van der Waals surface area contributed by atoms with Gasteiger partial charge in [-0.25, -0.2) is 0 Å². The summed E-state index contributed by atoms with van der Waals surface area (Å²) in [5, 5.41) is 5.42. The molecule has 2 rings (SSSR count). The van der Waals surface area contributed by atoms with Gasteiger partial charge in [0.2, 0.25) is 11.8 Å². The molecule has 1 atom stereocenters. The van der Waals surface area contributed by atoms with E-state index in [1.807, 2.05) is 32.0 Å². The standard InChI is InChI=1S/C18H28N4O3.2ClH/c1-13(2)17(19)18(24)21-12-16(23)20-11-14-5-3-4-6-15(14)22-7-9-25-10-8-22;;/h3-6,13,17H,7-12,19H2,1-2H3,(H,20,23)(H,21,24);2*1H/t17-;;/m0../s1. The highest BCUT2D eigenvalue weighted by atomic mass is 35.5. The van der Waals surface area contributed by atoms with Crippen molar-refractivity contribution in [2.75, 3.05) is 37.7 Å². The zero-order chi connectivity index (χ0) is 18.2. The van der Waals surface area contributed by atoms with Gasteiger partial charge in [0, 0.05) is 25.3 Å². The van der Waals surface area contributed by atoms with Crippen LogP contribution in [0.15, 0.2) is 24.3 Å². The van der Waals surface area contributed by atoms with Gasteiger partial charge in [-0.3, -0.25) is 9.59 Å². The predicted octanol–water partition coefficient (Wildman–Crippen LogP) is 1.08. The number of amides is 2. The largest absolute Gasteiger partial charge is 0.378 e. The highest BCUT2D eigenvalue weighted by Gasteiger charge is 2.18. The van der Waals surface area contributed by atoms with Gasteiger partial charge < -0.3 is 26.0 Å². The SMILES string of the molecule is CC(C)[C@H](N)C(=O)NCC(=O)NCc1ccccc1N1CCOCC1.Cl.Cl. The molecule has 1 heterocycles. The van der Waals surface area contributed by atoms with Gasteiger partial charge in [0.05, 0.1) is 25.8 Å². The van der Waals surface area contributed by atoms with Crippen molar-refractivity contribution in [1.82, 2.24) is 10.6 Å². The highest BCUT2D eigenvalue weighted by molar-refractivity contribution is 5.87. The molecule has 0 unspecified atom stereocenters. The van der Waals surface area contributed by atoms with E-state index in [-0.39, 0.29) is 49.1 Å². The second-order valence-corrected chi connectivity index (χ2v) is 6.49. The second-order valence-electron chi connectivity index (χ2n) is 6.49. The van der Waals surface area contributed by atoms with E-state index in [0.717, 1.165) is 24.3 Å². The average Bonchev–Trinajstić information content (AvgIpc) is 2.64. The molecule has 1 aromatic rings. The van der Waals surface area contributed by atoms with Crippen molar-refractivity contribution in [3.63, 3.8) is 0 Å². The topological polar surface area (TPSA) is 96.7 Å². The third kappa shape index (κ3) is 7.92. The molecule has 0 spiro atoms. The van der Waals surface area contributed by atoms with Crippen molar-refractivity contribution in [3.05, 3.63) is 29.8 Å². The van der Waals surface area contributed by atoms with Gasteiger partial charge in [-0.2, -0.15) is 0 Å². The number of hydrogen-bond acceptors (Lipinski definition) is 5. The van der Waals surface area contributed by atoms with Crippen molar-refractivity contribution in [2.24, 2.45) is 11.7 Å². The Kier molecular flexibility index (Phi) is 12.0. The quantitative estimate of drug-likeness (QED) is 0.613. The van der Waals surface area contributed by atoms with Gasteiger partial charge in [0.15, 0.2) is 0 Å². The van der Waals surface area contributed by atoms with Crippen LogP contribution in [0.1, 0.15) is 19.4 Å². The van der Waals surface area contributed by atoms with E-state index in [2.05, 4.69) is 21.6 Å². The second kappa shape index (κ2) is 12.8. The van der Waals surface area contributed by atoms with Gasteiger partial charge in [-0.1, -0.05) is 32.0 Å². The van der Waals surface area contributed by atoms with Crippen LogP contribution in [0, 0.1) is 5.92 Å². The third-order valence-electron chi connectivity index (χ3n) is 4.26. The Hall–Kier alpha value is -1.54. The van der Waals surface area contributed by atoms with E-state index < -0.39 is 6.04 Å². The Bertz CT molecular complexity index is 596. The zero-order valence-electron chi connectivity index (χ0n) is 15.8. The van der Waals surface area contributed by atoms with E-state index >= 15 is 0 Å². The number of anilines is 1. The van der Waals surface area contributed by atoms with Crippen molar-refractivity contribution in [3.8, 4) is 0 Å². The van der Waals surface area contributed by atoms with Crippen LogP contribution >= 0.6 is 24.8 Å². The first-order chi connectivity index (χ1) is 12.0. The lowest BCUT2D eigenvalue weighted by Crippen LogP contribution is -2.47. The fourth-order valence-corrected chi connectivity index (χ4v) is 2.62. The van der Waals surface area contributed by atoms with Crippen LogP contribution in [0.3, 0.4) is 0 Å². The lowest BCUT2D eigenvalue weighted by atomic mass is 10.1. The number of para-hydroxylation sites is 1. The lowest BCUT2D eigenvalue weighted by molar-refractivity contribution is -0.127. The summed E-state index contributed by atoms with van der Waals surface area (Å²) in [4.78, 5) is 26.0. The third-order valence-corrected chi connectivity index (χ3v) is 4.26. The average molecular weight is 421 g/mol. The Morgan fingerprint density at radius 1 is 1.15 bits per heavy atom. The first-order valence-electron chi connectivity index (χ1n) is 8.69. The van der Waals surface area contributed by atoms with Crippen molar-refractivity contribution >= 4 is 42.3 Å². The maximum Gasteiger partial charge on any atom is 0.239 e. The molecule has 9 heteroatoms. The molecule has 0 aromatic heterocycles. The summed E-state index contributed by atoms with van der Waals surface area (Å²) in [5.74, 6) is -0.511. The molecule has 1 saturated heterocycles. The number of nitrogens with one attached hydrogen (secondary N) is 2. The molecule has 4 N–H and O–H groups in total. The Morgan fingerprint density at radius 3 is 2.41 bits per heavy atom. The maximum absolute atomic E-state index is 12.0. The molecule has 27 heavy (non-hydrogen) atoms. The molecule has 0 bridgehead atoms. The van der Waals surface area contributed by atoms with Crippen LogP contribution < -0.4 is 21.3 Å². The number of nitrogens with zero attached hydrogens (tertiary/aromatic N) is 1. The summed E-state index contributed by atoms with van der Waals surface area (Å²) in [6.45, 7) is 7.19. The van der Waals surface area contributed by atoms with E-state index in [4.69, 9.17) is 10.5 Å². The molecule has 0 radical (unpaired) electrons. The van der Waals surface area contributed by atoms with Gasteiger partial charge in [0.1, 0.15) is 0 Å². The van der Waals surface area contributed by atoms with E-state index in [1.54, 1.807) is 0 Å². The van der Waals surface area contributed by atoms with Crippen LogP contribution in [0.5, 0.6) is 0 Å². The number of nitrogens with two attached hydrogens (primary N) is 1. The number of carbonyl (C=O) groups is 2. The minimum absolute atomic E-state index is 0. The molecule has 1 aromatic carbocycles. The molecule has 7 nitrogen and oxygen atoms in total. The van der Waals surface area contributed by atoms with E-state index in [9.17, 15) is 9.59 Å². The highest BCUT2D eigenvalue weighted by Crippen LogP contribution is 2.21. The van der Waals surface area contributed by atoms with E-state index in [1.165, 1.54) is 0 Å². The number of morpholine rings is 1. The summed E-state index contributed by atoms with van der Waals surface area (Å²) >= 11 is 0. The van der Waals surface area contributed by atoms with Crippen molar-refractivity contribution < 1.29 is 14.3 Å². The fourth-order valence-electron chi connectivity index (χ4n) is 2.62. The Labute approximate surface area is 173 Å². The summed E-state index contributed by atoms with van der Waals surface area (Å²) in [7, 11) is 0. The predicted molar refractivity (Wildman–Crippen MR) is 112 cm³/mol. The monoisotopic (exact) mass is 420 g/mol. The molecule has 154 valence electrons. The smallest absolute Gasteiger partial charge is 0.239 e. The Balaban J connectivity index is 0.00000338. The lowest BCUT2D eigenvalue weighted by Gasteiger charge is -2.30. The molecule has 0 aliphatic carbocycles. The first kappa shape index (κ1) is 25.5. The summed E-state index contributed by atoms with van der Waals surface area (Å²) in [6, 6.07) is 7.39.